The second kappa shape index (κ2) is 4.27. The van der Waals surface area contributed by atoms with Gasteiger partial charge < -0.3 is 4.98 Å². The lowest BCUT2D eigenvalue weighted by Gasteiger charge is -2.13. The first-order valence-electron chi connectivity index (χ1n) is 5.77. The zero-order chi connectivity index (χ0) is 13.6. The minimum absolute atomic E-state index is 0.0434. The van der Waals surface area contributed by atoms with Crippen LogP contribution in [-0.2, 0) is 4.79 Å². The summed E-state index contributed by atoms with van der Waals surface area (Å²) in [6.45, 7) is 0. The van der Waals surface area contributed by atoms with Crippen LogP contribution in [0.5, 0.6) is 0 Å². The molecule has 1 fully saturated rings. The van der Waals surface area contributed by atoms with E-state index in [2.05, 4.69) is 15.0 Å². The molecule has 0 aromatic carbocycles. The maximum absolute atomic E-state index is 12.0. The molecule has 1 unspecified atom stereocenters. The average molecular weight is 281 g/mol. The molecular formula is C11H9ClN4O3. The van der Waals surface area contributed by atoms with Gasteiger partial charge in [0.25, 0.3) is 0 Å². The van der Waals surface area contributed by atoms with E-state index in [1.54, 1.807) is 0 Å². The van der Waals surface area contributed by atoms with Crippen molar-refractivity contribution in [3.8, 4) is 0 Å². The quantitative estimate of drug-likeness (QED) is 0.603. The normalized spacial score (nSPS) is 19.2. The van der Waals surface area contributed by atoms with Crippen molar-refractivity contribution in [3.05, 3.63) is 32.2 Å². The predicted molar refractivity (Wildman–Crippen MR) is 67.3 cm³/mol. The number of ketones is 1. The zero-order valence-electron chi connectivity index (χ0n) is 9.72. The summed E-state index contributed by atoms with van der Waals surface area (Å²) in [4.78, 5) is 45.5. The van der Waals surface area contributed by atoms with Gasteiger partial charge >= 0.3 is 11.1 Å². The SMILES string of the molecule is O=C1CCCC1n1c(=O)c(=O)[nH]c2cnc(Cl)nc21. The van der Waals surface area contributed by atoms with Gasteiger partial charge in [0.05, 0.1) is 12.2 Å². The van der Waals surface area contributed by atoms with Crippen LogP contribution in [0, 0.1) is 0 Å². The largest absolute Gasteiger partial charge is 0.318 e. The minimum Gasteiger partial charge on any atom is -0.313 e. The number of halogens is 1. The Bertz CT molecular complexity index is 795. The summed E-state index contributed by atoms with van der Waals surface area (Å²) in [5.41, 5.74) is -1.11. The Morgan fingerprint density at radius 2 is 2.16 bits per heavy atom. The van der Waals surface area contributed by atoms with E-state index in [4.69, 9.17) is 11.6 Å². The average Bonchev–Trinajstić information content (AvgIpc) is 2.78. The lowest BCUT2D eigenvalue weighted by molar-refractivity contribution is -0.120. The fraction of sp³-hybridized carbons (Fsp3) is 0.364. The van der Waals surface area contributed by atoms with Gasteiger partial charge in [-0.25, -0.2) is 4.98 Å². The molecule has 0 amide bonds. The monoisotopic (exact) mass is 280 g/mol. The minimum atomic E-state index is -0.793. The van der Waals surface area contributed by atoms with E-state index >= 15 is 0 Å². The van der Waals surface area contributed by atoms with Crippen molar-refractivity contribution in [2.45, 2.75) is 25.3 Å². The van der Waals surface area contributed by atoms with Crippen molar-refractivity contribution in [2.24, 2.45) is 0 Å². The molecule has 0 saturated heterocycles. The van der Waals surface area contributed by atoms with E-state index in [9.17, 15) is 14.4 Å². The molecule has 0 spiro atoms. The van der Waals surface area contributed by atoms with E-state index in [1.165, 1.54) is 6.20 Å². The molecule has 2 aromatic rings. The number of nitrogens with zero attached hydrogens (tertiary/aromatic N) is 3. The van der Waals surface area contributed by atoms with Crippen LogP contribution in [0.4, 0.5) is 0 Å². The van der Waals surface area contributed by atoms with Gasteiger partial charge in [0, 0.05) is 6.42 Å². The van der Waals surface area contributed by atoms with Gasteiger partial charge in [-0.2, -0.15) is 4.98 Å². The summed E-state index contributed by atoms with van der Waals surface area (Å²) in [5.74, 6) is -0.0660. The van der Waals surface area contributed by atoms with Crippen LogP contribution in [0.1, 0.15) is 25.3 Å². The lowest BCUT2D eigenvalue weighted by Crippen LogP contribution is -2.39. The number of Topliss-reactive ketones (excluding diaryl/α,β-unsaturated/α-hetero) is 1. The molecule has 0 radical (unpaired) electrons. The standard InChI is InChI=1S/C11H9ClN4O3/c12-11-13-4-5-8(15-11)16(10(19)9(18)14-5)6-2-1-3-7(6)17/h4,6H,1-3H2,(H,14,18). The highest BCUT2D eigenvalue weighted by atomic mass is 35.5. The van der Waals surface area contributed by atoms with Crippen LogP contribution in [-0.4, -0.2) is 25.3 Å². The van der Waals surface area contributed by atoms with E-state index in [0.717, 1.165) is 4.57 Å². The van der Waals surface area contributed by atoms with Gasteiger partial charge in [-0.15, -0.1) is 0 Å². The molecule has 19 heavy (non-hydrogen) atoms. The number of nitrogens with one attached hydrogen (secondary N) is 1. The maximum Gasteiger partial charge on any atom is 0.318 e. The second-order valence-corrected chi connectivity index (χ2v) is 4.72. The molecule has 1 saturated carbocycles. The van der Waals surface area contributed by atoms with E-state index in [1.807, 2.05) is 0 Å². The van der Waals surface area contributed by atoms with Crippen LogP contribution in [0.25, 0.3) is 11.2 Å². The molecule has 1 N–H and O–H groups in total. The Morgan fingerprint density at radius 3 is 2.84 bits per heavy atom. The highest BCUT2D eigenvalue weighted by Crippen LogP contribution is 2.26. The number of H-pyrrole nitrogens is 1. The molecule has 2 heterocycles. The summed E-state index contributed by atoms with van der Waals surface area (Å²) in [6.07, 6.45) is 2.95. The molecule has 1 aliphatic carbocycles. The van der Waals surface area contributed by atoms with E-state index in [-0.39, 0.29) is 22.2 Å². The van der Waals surface area contributed by atoms with E-state index in [0.29, 0.717) is 19.3 Å². The molecule has 98 valence electrons. The molecule has 8 heteroatoms. The number of carbonyl (C=O) groups is 1. The van der Waals surface area contributed by atoms with Gasteiger partial charge in [0.15, 0.2) is 11.4 Å². The number of fused-ring (bicyclic) bond motifs is 1. The molecule has 2 aromatic heterocycles. The number of carbonyl (C=O) groups excluding carboxylic acids is 1. The highest BCUT2D eigenvalue weighted by Gasteiger charge is 2.29. The van der Waals surface area contributed by atoms with Gasteiger partial charge in [-0.05, 0) is 24.4 Å². The molecule has 0 aliphatic heterocycles. The summed E-state index contributed by atoms with van der Waals surface area (Å²) >= 11 is 5.71. The summed E-state index contributed by atoms with van der Waals surface area (Å²) in [5, 5.41) is -0.0434. The van der Waals surface area contributed by atoms with Crippen molar-refractivity contribution in [1.29, 1.82) is 0 Å². The number of aromatic amines is 1. The molecule has 1 atom stereocenters. The number of hydrogen-bond acceptors (Lipinski definition) is 5. The topological polar surface area (TPSA) is 97.7 Å². The number of hydrogen-bond donors (Lipinski definition) is 1. The Hall–Kier alpha value is -2.02. The Kier molecular flexibility index (Phi) is 2.70. The molecule has 1 aliphatic rings. The van der Waals surface area contributed by atoms with Gasteiger partial charge in [0.2, 0.25) is 5.28 Å². The Morgan fingerprint density at radius 1 is 1.37 bits per heavy atom. The van der Waals surface area contributed by atoms with Crippen LogP contribution >= 0.6 is 11.6 Å². The second-order valence-electron chi connectivity index (χ2n) is 4.38. The molecule has 3 rings (SSSR count). The Balaban J connectivity index is 2.41. The van der Waals surface area contributed by atoms with Crippen LogP contribution in [0.3, 0.4) is 0 Å². The highest BCUT2D eigenvalue weighted by molar-refractivity contribution is 6.28. The fourth-order valence-electron chi connectivity index (χ4n) is 2.36. The van der Waals surface area contributed by atoms with Gasteiger partial charge in [0.1, 0.15) is 5.52 Å². The van der Waals surface area contributed by atoms with Gasteiger partial charge in [-0.3, -0.25) is 19.0 Å². The van der Waals surface area contributed by atoms with Crippen molar-refractivity contribution in [2.75, 3.05) is 0 Å². The van der Waals surface area contributed by atoms with Gasteiger partial charge in [-0.1, -0.05) is 0 Å². The van der Waals surface area contributed by atoms with Crippen molar-refractivity contribution >= 4 is 28.5 Å². The number of aromatic nitrogens is 4. The third-order valence-corrected chi connectivity index (χ3v) is 3.39. The van der Waals surface area contributed by atoms with Crippen LogP contribution in [0.2, 0.25) is 5.28 Å². The summed E-state index contributed by atoms with van der Waals surface area (Å²) in [6, 6.07) is -0.636. The predicted octanol–water partition coefficient (Wildman–Crippen LogP) is 0.427. The van der Waals surface area contributed by atoms with Crippen molar-refractivity contribution < 1.29 is 4.79 Å². The lowest BCUT2D eigenvalue weighted by atomic mass is 10.2. The number of rotatable bonds is 1. The molecule has 7 nitrogen and oxygen atoms in total. The smallest absolute Gasteiger partial charge is 0.313 e. The first-order chi connectivity index (χ1) is 9.08. The summed E-state index contributed by atoms with van der Waals surface area (Å²) < 4.78 is 1.14. The van der Waals surface area contributed by atoms with Crippen molar-refractivity contribution in [1.82, 2.24) is 19.5 Å². The zero-order valence-corrected chi connectivity index (χ0v) is 10.5. The first kappa shape index (κ1) is 12.0. The molecular weight excluding hydrogens is 272 g/mol. The van der Waals surface area contributed by atoms with Crippen LogP contribution < -0.4 is 11.1 Å². The first-order valence-corrected chi connectivity index (χ1v) is 6.15. The fourth-order valence-corrected chi connectivity index (χ4v) is 2.49. The molecule has 0 bridgehead atoms. The Labute approximate surface area is 111 Å². The van der Waals surface area contributed by atoms with Crippen molar-refractivity contribution in [3.63, 3.8) is 0 Å². The maximum atomic E-state index is 12.0. The van der Waals surface area contributed by atoms with Crippen LogP contribution in [0.15, 0.2) is 15.8 Å². The summed E-state index contributed by atoms with van der Waals surface area (Å²) in [7, 11) is 0. The van der Waals surface area contributed by atoms with E-state index < -0.39 is 17.2 Å². The third-order valence-electron chi connectivity index (χ3n) is 3.21. The third kappa shape index (κ3) is 1.86.